The summed E-state index contributed by atoms with van der Waals surface area (Å²) in [5.41, 5.74) is 12.7. The van der Waals surface area contributed by atoms with Gasteiger partial charge in [0.25, 0.3) is 5.91 Å². The Morgan fingerprint density at radius 3 is 2.59 bits per heavy atom. The van der Waals surface area contributed by atoms with Gasteiger partial charge in [-0.15, -0.1) is 0 Å². The van der Waals surface area contributed by atoms with E-state index in [0.29, 0.717) is 18.7 Å². The number of H-pyrrole nitrogens is 1. The van der Waals surface area contributed by atoms with Gasteiger partial charge in [-0.1, -0.05) is 58.5 Å². The molecular weight excluding hydrogens is 574 g/mol. The predicted octanol–water partition coefficient (Wildman–Crippen LogP) is 6.37. The lowest BCUT2D eigenvalue weighted by atomic mass is 10.0. The zero-order valence-corrected chi connectivity index (χ0v) is 24.4. The maximum absolute atomic E-state index is 13.7. The molecule has 0 saturated carbocycles. The normalized spacial score (nSPS) is 13.7. The molecule has 0 bridgehead atoms. The highest BCUT2D eigenvalue weighted by Gasteiger charge is 2.17. The molecule has 6 rings (SSSR count). The van der Waals surface area contributed by atoms with Crippen LogP contribution in [0.1, 0.15) is 46.3 Å². The van der Waals surface area contributed by atoms with Crippen molar-refractivity contribution in [2.45, 2.75) is 32.4 Å². The Labute approximate surface area is 248 Å². The number of nitrogens with two attached hydrogens (primary N) is 1. The van der Waals surface area contributed by atoms with Gasteiger partial charge in [-0.25, -0.2) is 4.98 Å². The van der Waals surface area contributed by atoms with Gasteiger partial charge in [0.05, 0.1) is 23.3 Å². The van der Waals surface area contributed by atoms with Crippen molar-refractivity contribution in [1.29, 1.82) is 0 Å². The summed E-state index contributed by atoms with van der Waals surface area (Å²) >= 11 is 3.59. The number of pyridine rings is 1. The minimum absolute atomic E-state index is 0.152. The Kier molecular flexibility index (Phi) is 8.15. The van der Waals surface area contributed by atoms with Crippen LogP contribution in [-0.2, 0) is 13.1 Å². The molecule has 1 saturated heterocycles. The van der Waals surface area contributed by atoms with Gasteiger partial charge in [-0.2, -0.15) is 0 Å². The molecule has 5 aromatic rings. The summed E-state index contributed by atoms with van der Waals surface area (Å²) in [5, 5.41) is 4.94. The Bertz CT molecular complexity index is 1770. The Balaban J connectivity index is 1.36. The van der Waals surface area contributed by atoms with E-state index in [1.807, 2.05) is 66.9 Å². The molecule has 0 radical (unpaired) electrons. The summed E-state index contributed by atoms with van der Waals surface area (Å²) in [6.07, 6.45) is 5.75. The molecule has 0 atom stereocenters. The van der Waals surface area contributed by atoms with E-state index in [4.69, 9.17) is 10.7 Å². The molecule has 7 heteroatoms. The van der Waals surface area contributed by atoms with E-state index < -0.39 is 0 Å². The second-order valence-corrected chi connectivity index (χ2v) is 11.4. The summed E-state index contributed by atoms with van der Waals surface area (Å²) in [4.78, 5) is 24.4. The smallest absolute Gasteiger partial charge is 0.252 e. The first kappa shape index (κ1) is 27.2. The highest BCUT2D eigenvalue weighted by Crippen LogP contribution is 2.32. The van der Waals surface area contributed by atoms with Crippen molar-refractivity contribution in [2.24, 2.45) is 5.73 Å². The van der Waals surface area contributed by atoms with Crippen molar-refractivity contribution < 1.29 is 4.79 Å². The fourth-order valence-electron chi connectivity index (χ4n) is 5.38. The average molecular weight is 607 g/mol. The summed E-state index contributed by atoms with van der Waals surface area (Å²) < 4.78 is 0.984. The number of likely N-dealkylation sites (tertiary alicyclic amines) is 1. The number of aromatic nitrogens is 2. The number of halogens is 1. The Morgan fingerprint density at radius 2 is 1.78 bits per heavy atom. The predicted molar refractivity (Wildman–Crippen MR) is 169 cm³/mol. The number of nitrogens with one attached hydrogen (secondary N) is 2. The van der Waals surface area contributed by atoms with Crippen molar-refractivity contribution in [3.05, 3.63) is 99.7 Å². The second-order valence-electron chi connectivity index (χ2n) is 10.5. The third kappa shape index (κ3) is 6.20. The topological polar surface area (TPSA) is 87.0 Å². The summed E-state index contributed by atoms with van der Waals surface area (Å²) in [6.45, 7) is 3.90. The van der Waals surface area contributed by atoms with E-state index in [1.54, 1.807) is 0 Å². The zero-order chi connectivity index (χ0) is 28.2. The standard InChI is InChI=1S/C34H32BrN5O/c35-26-11-13-31-28(18-26)30(22-37-31)33-19-29(34(41)38-21-25-8-6-24(20-36)7-9-25)27-17-23(10-12-32(27)39-33)5-4-16-40-14-2-1-3-15-40/h6-13,17-19,22,37H,1-3,14-16,20-21,36H2,(H,38,41). The van der Waals surface area contributed by atoms with Crippen LogP contribution in [0.4, 0.5) is 0 Å². The van der Waals surface area contributed by atoms with Gasteiger partial charge in [-0.3, -0.25) is 9.69 Å². The molecule has 0 unspecified atom stereocenters. The fourth-order valence-corrected chi connectivity index (χ4v) is 5.74. The van der Waals surface area contributed by atoms with Crippen LogP contribution in [0.5, 0.6) is 0 Å². The maximum atomic E-state index is 13.7. The van der Waals surface area contributed by atoms with Gasteiger partial charge >= 0.3 is 0 Å². The van der Waals surface area contributed by atoms with Crippen molar-refractivity contribution in [1.82, 2.24) is 20.2 Å². The second kappa shape index (κ2) is 12.3. The van der Waals surface area contributed by atoms with Crippen LogP contribution < -0.4 is 11.1 Å². The lowest BCUT2D eigenvalue weighted by molar-refractivity contribution is 0.0952. The van der Waals surface area contributed by atoms with E-state index in [1.165, 1.54) is 19.3 Å². The summed E-state index contributed by atoms with van der Waals surface area (Å²) in [6, 6.07) is 21.9. The highest BCUT2D eigenvalue weighted by molar-refractivity contribution is 9.10. The number of carbonyl (C=O) groups is 1. The first-order valence-electron chi connectivity index (χ1n) is 14.1. The van der Waals surface area contributed by atoms with Gasteiger partial charge in [0.15, 0.2) is 0 Å². The van der Waals surface area contributed by atoms with Crippen LogP contribution in [0.15, 0.2) is 77.4 Å². The first-order valence-corrected chi connectivity index (χ1v) is 14.9. The Hall–Kier alpha value is -3.96. The van der Waals surface area contributed by atoms with Gasteiger partial charge in [0.1, 0.15) is 0 Å². The van der Waals surface area contributed by atoms with Gasteiger partial charge < -0.3 is 16.0 Å². The molecule has 1 amide bonds. The number of rotatable bonds is 6. The molecule has 0 spiro atoms. The SMILES string of the molecule is NCc1ccc(CNC(=O)c2cc(-c3c[nH]c4ccc(Br)cc34)nc3ccc(C#CCN4CCCCC4)cc23)cc1. The number of hydrogen-bond acceptors (Lipinski definition) is 4. The van der Waals surface area contributed by atoms with Crippen LogP contribution in [0, 0.1) is 11.8 Å². The minimum Gasteiger partial charge on any atom is -0.360 e. The first-order chi connectivity index (χ1) is 20.1. The lowest BCUT2D eigenvalue weighted by Crippen LogP contribution is -2.29. The fraction of sp³-hybridized carbons (Fsp3) is 0.235. The molecule has 1 aliphatic rings. The van der Waals surface area contributed by atoms with Crippen LogP contribution in [0.25, 0.3) is 33.1 Å². The van der Waals surface area contributed by atoms with E-state index in [9.17, 15) is 4.79 Å². The van der Waals surface area contributed by atoms with E-state index in [-0.39, 0.29) is 5.91 Å². The highest BCUT2D eigenvalue weighted by atomic mass is 79.9. The van der Waals surface area contributed by atoms with E-state index in [0.717, 1.165) is 73.9 Å². The average Bonchev–Trinajstić information content (AvgIpc) is 3.43. The monoisotopic (exact) mass is 605 g/mol. The molecule has 6 nitrogen and oxygen atoms in total. The molecule has 2 aromatic heterocycles. The van der Waals surface area contributed by atoms with E-state index in [2.05, 4.69) is 49.0 Å². The largest absolute Gasteiger partial charge is 0.360 e. The van der Waals surface area contributed by atoms with Crippen LogP contribution in [-0.4, -0.2) is 40.4 Å². The molecule has 206 valence electrons. The number of benzene rings is 3. The molecule has 4 N–H and O–H groups in total. The van der Waals surface area contributed by atoms with Crippen molar-refractivity contribution in [3.8, 4) is 23.1 Å². The summed E-state index contributed by atoms with van der Waals surface area (Å²) in [5.74, 6) is 6.51. The molecule has 0 aliphatic carbocycles. The zero-order valence-electron chi connectivity index (χ0n) is 22.8. The number of carbonyl (C=O) groups excluding carboxylic acids is 1. The number of piperidine rings is 1. The maximum Gasteiger partial charge on any atom is 0.252 e. The van der Waals surface area contributed by atoms with Crippen LogP contribution >= 0.6 is 15.9 Å². The van der Waals surface area contributed by atoms with Crippen molar-refractivity contribution >= 4 is 43.6 Å². The van der Waals surface area contributed by atoms with E-state index >= 15 is 0 Å². The third-order valence-corrected chi connectivity index (χ3v) is 8.16. The number of nitrogens with zero attached hydrogens (tertiary/aromatic N) is 2. The molecule has 41 heavy (non-hydrogen) atoms. The van der Waals surface area contributed by atoms with Crippen LogP contribution in [0.3, 0.4) is 0 Å². The quantitative estimate of drug-likeness (QED) is 0.196. The number of hydrogen-bond donors (Lipinski definition) is 3. The summed E-state index contributed by atoms with van der Waals surface area (Å²) in [7, 11) is 0. The van der Waals surface area contributed by atoms with Crippen molar-refractivity contribution in [2.75, 3.05) is 19.6 Å². The minimum atomic E-state index is -0.152. The van der Waals surface area contributed by atoms with Gasteiger partial charge in [-0.05, 0) is 79.5 Å². The molecule has 1 aliphatic heterocycles. The Morgan fingerprint density at radius 1 is 0.976 bits per heavy atom. The van der Waals surface area contributed by atoms with Crippen LogP contribution in [0.2, 0.25) is 0 Å². The molecule has 3 heterocycles. The van der Waals surface area contributed by atoms with Gasteiger partial charge in [0.2, 0.25) is 0 Å². The third-order valence-electron chi connectivity index (χ3n) is 7.67. The number of fused-ring (bicyclic) bond motifs is 2. The molecule has 3 aromatic carbocycles. The number of amides is 1. The lowest BCUT2D eigenvalue weighted by Gasteiger charge is -2.23. The van der Waals surface area contributed by atoms with Gasteiger partial charge in [0, 0.05) is 51.2 Å². The molecule has 1 fully saturated rings. The number of aromatic amines is 1. The van der Waals surface area contributed by atoms with Crippen molar-refractivity contribution in [3.63, 3.8) is 0 Å². The molecular formula is C34H32BrN5O.